The number of likely N-dealkylation sites (tertiary alicyclic amines) is 1. The number of aromatic nitrogens is 2. The van der Waals surface area contributed by atoms with E-state index in [2.05, 4.69) is 15.5 Å². The van der Waals surface area contributed by atoms with Gasteiger partial charge >= 0.3 is 0 Å². The van der Waals surface area contributed by atoms with Crippen molar-refractivity contribution in [3.05, 3.63) is 47.1 Å². The number of carbonyl (C=O) groups is 2. The second-order valence-corrected chi connectivity index (χ2v) is 7.86. The predicted octanol–water partition coefficient (Wildman–Crippen LogP) is 2.85. The van der Waals surface area contributed by atoms with Gasteiger partial charge in [0.1, 0.15) is 6.04 Å². The first-order chi connectivity index (χ1) is 13.3. The van der Waals surface area contributed by atoms with Crippen LogP contribution in [0.25, 0.3) is 0 Å². The van der Waals surface area contributed by atoms with Gasteiger partial charge in [0.05, 0.1) is 5.92 Å². The minimum Gasteiger partial charge on any atom is -0.340 e. The maximum absolute atomic E-state index is 13.2. The molecule has 0 bridgehead atoms. The molecule has 1 aliphatic rings. The number of hydrogen-bond donors (Lipinski definition) is 1. The molecule has 1 aliphatic heterocycles. The van der Waals surface area contributed by atoms with Gasteiger partial charge in [-0.15, -0.1) is 0 Å². The number of piperidine rings is 1. The van der Waals surface area contributed by atoms with Crippen molar-refractivity contribution in [2.24, 2.45) is 5.92 Å². The van der Waals surface area contributed by atoms with Crippen LogP contribution in [0.4, 0.5) is 0 Å². The number of hydrogen-bond acceptors (Lipinski definition) is 5. The van der Waals surface area contributed by atoms with E-state index in [4.69, 9.17) is 4.52 Å². The van der Waals surface area contributed by atoms with E-state index in [-0.39, 0.29) is 23.7 Å². The van der Waals surface area contributed by atoms with E-state index in [9.17, 15) is 9.59 Å². The summed E-state index contributed by atoms with van der Waals surface area (Å²) in [4.78, 5) is 31.9. The van der Waals surface area contributed by atoms with Crippen LogP contribution in [-0.2, 0) is 4.79 Å². The molecule has 1 N–H and O–H groups in total. The van der Waals surface area contributed by atoms with Crippen LogP contribution in [0.1, 0.15) is 60.2 Å². The quantitative estimate of drug-likeness (QED) is 0.856. The van der Waals surface area contributed by atoms with E-state index in [1.165, 1.54) is 0 Å². The molecule has 1 aromatic heterocycles. The van der Waals surface area contributed by atoms with Crippen LogP contribution in [0.2, 0.25) is 0 Å². The van der Waals surface area contributed by atoms with E-state index in [0.29, 0.717) is 30.4 Å². The van der Waals surface area contributed by atoms with Gasteiger partial charge in [0, 0.05) is 18.7 Å². The molecule has 1 saturated heterocycles. The molecule has 0 spiro atoms. The summed E-state index contributed by atoms with van der Waals surface area (Å²) in [6.45, 7) is 8.85. The molecule has 1 aromatic carbocycles. The number of carbonyl (C=O) groups excluding carboxylic acids is 2. The number of amides is 2. The fraction of sp³-hybridized carbons (Fsp3) is 0.524. The molecule has 2 aromatic rings. The number of aryl methyl sites for hydroxylation is 2. The van der Waals surface area contributed by atoms with Crippen LogP contribution in [0.3, 0.4) is 0 Å². The summed E-state index contributed by atoms with van der Waals surface area (Å²) in [6, 6.07) is 6.77. The topological polar surface area (TPSA) is 88.3 Å². The van der Waals surface area contributed by atoms with Crippen LogP contribution in [0.15, 0.2) is 28.8 Å². The lowest BCUT2D eigenvalue weighted by molar-refractivity contribution is -0.135. The second-order valence-electron chi connectivity index (χ2n) is 7.86. The van der Waals surface area contributed by atoms with Gasteiger partial charge in [-0.25, -0.2) is 0 Å². The number of rotatable bonds is 5. The molecular weight excluding hydrogens is 356 g/mol. The zero-order valence-electron chi connectivity index (χ0n) is 16.9. The molecule has 150 valence electrons. The van der Waals surface area contributed by atoms with Gasteiger partial charge in [0.15, 0.2) is 5.82 Å². The molecule has 3 rings (SSSR count). The standard InChI is InChI=1S/C21H28N4O3/c1-13(2)18(23-19(26)16-9-7-14(3)8-10-16)21(27)25-11-5-6-17(12-25)20-22-15(4)24-28-20/h7-10,13,17-18H,5-6,11-12H2,1-4H3,(H,23,26)/t17-,18-/m0/s1. The summed E-state index contributed by atoms with van der Waals surface area (Å²) in [5.74, 6) is 0.917. The minimum atomic E-state index is -0.572. The van der Waals surface area contributed by atoms with Crippen LogP contribution in [-0.4, -0.2) is 46.0 Å². The Balaban J connectivity index is 1.69. The maximum atomic E-state index is 13.2. The summed E-state index contributed by atoms with van der Waals surface area (Å²) in [5, 5.41) is 6.78. The number of benzene rings is 1. The van der Waals surface area contributed by atoms with Gasteiger partial charge < -0.3 is 14.7 Å². The van der Waals surface area contributed by atoms with Crippen LogP contribution in [0, 0.1) is 19.8 Å². The highest BCUT2D eigenvalue weighted by Gasteiger charge is 2.33. The highest BCUT2D eigenvalue weighted by Crippen LogP contribution is 2.26. The molecule has 2 atom stereocenters. The largest absolute Gasteiger partial charge is 0.340 e. The predicted molar refractivity (Wildman–Crippen MR) is 105 cm³/mol. The lowest BCUT2D eigenvalue weighted by Gasteiger charge is -2.35. The first kappa shape index (κ1) is 20.0. The van der Waals surface area contributed by atoms with E-state index >= 15 is 0 Å². The zero-order valence-corrected chi connectivity index (χ0v) is 16.9. The van der Waals surface area contributed by atoms with Crippen molar-refractivity contribution in [3.8, 4) is 0 Å². The summed E-state index contributed by atoms with van der Waals surface area (Å²) in [7, 11) is 0. The van der Waals surface area contributed by atoms with Gasteiger partial charge in [0.25, 0.3) is 5.91 Å². The molecule has 2 amide bonds. The molecular formula is C21H28N4O3. The van der Waals surface area contributed by atoms with Gasteiger partial charge in [-0.2, -0.15) is 4.98 Å². The molecule has 0 radical (unpaired) electrons. The van der Waals surface area contributed by atoms with Gasteiger partial charge in [0.2, 0.25) is 11.8 Å². The van der Waals surface area contributed by atoms with E-state index in [1.807, 2.05) is 37.8 Å². The molecule has 7 nitrogen and oxygen atoms in total. The Morgan fingerprint density at radius 3 is 2.54 bits per heavy atom. The molecule has 0 unspecified atom stereocenters. The lowest BCUT2D eigenvalue weighted by Crippen LogP contribution is -2.53. The monoisotopic (exact) mass is 384 g/mol. The van der Waals surface area contributed by atoms with Crippen LogP contribution in [0.5, 0.6) is 0 Å². The Morgan fingerprint density at radius 1 is 1.21 bits per heavy atom. The lowest BCUT2D eigenvalue weighted by atomic mass is 9.95. The number of nitrogens with one attached hydrogen (secondary N) is 1. The van der Waals surface area contributed by atoms with Crippen molar-refractivity contribution in [2.45, 2.75) is 52.5 Å². The number of nitrogens with zero attached hydrogens (tertiary/aromatic N) is 3. The van der Waals surface area contributed by atoms with Crippen molar-refractivity contribution in [1.29, 1.82) is 0 Å². The molecule has 0 saturated carbocycles. The molecule has 0 aliphatic carbocycles. The summed E-state index contributed by atoms with van der Waals surface area (Å²) >= 11 is 0. The van der Waals surface area contributed by atoms with Gasteiger partial charge in [-0.05, 0) is 44.7 Å². The first-order valence-corrected chi connectivity index (χ1v) is 9.81. The third-order valence-electron chi connectivity index (χ3n) is 5.16. The fourth-order valence-corrected chi connectivity index (χ4v) is 3.50. The second kappa shape index (κ2) is 8.54. The fourth-order valence-electron chi connectivity index (χ4n) is 3.50. The average molecular weight is 384 g/mol. The minimum absolute atomic E-state index is 0.0204. The SMILES string of the molecule is Cc1ccc(C(=O)N[C@H](C(=O)N2CCC[C@H](c3nc(C)no3)C2)C(C)C)cc1. The summed E-state index contributed by atoms with van der Waals surface area (Å²) in [5.41, 5.74) is 1.64. The summed E-state index contributed by atoms with van der Waals surface area (Å²) < 4.78 is 5.30. The Kier molecular flexibility index (Phi) is 6.11. The Labute approximate surface area is 165 Å². The summed E-state index contributed by atoms with van der Waals surface area (Å²) in [6.07, 6.45) is 1.78. The third kappa shape index (κ3) is 4.58. The van der Waals surface area contributed by atoms with Crippen molar-refractivity contribution in [3.63, 3.8) is 0 Å². The average Bonchev–Trinajstić information content (AvgIpc) is 3.12. The highest BCUT2D eigenvalue weighted by molar-refractivity contribution is 5.97. The smallest absolute Gasteiger partial charge is 0.251 e. The van der Waals surface area contributed by atoms with E-state index in [1.54, 1.807) is 19.1 Å². The Hall–Kier alpha value is -2.70. The van der Waals surface area contributed by atoms with Crippen molar-refractivity contribution >= 4 is 11.8 Å². The van der Waals surface area contributed by atoms with Gasteiger partial charge in [-0.1, -0.05) is 36.7 Å². The molecule has 28 heavy (non-hydrogen) atoms. The molecule has 1 fully saturated rings. The van der Waals surface area contributed by atoms with E-state index in [0.717, 1.165) is 18.4 Å². The van der Waals surface area contributed by atoms with Crippen LogP contribution < -0.4 is 5.32 Å². The highest BCUT2D eigenvalue weighted by atomic mass is 16.5. The zero-order chi connectivity index (χ0) is 20.3. The van der Waals surface area contributed by atoms with Crippen LogP contribution >= 0.6 is 0 Å². The van der Waals surface area contributed by atoms with Crippen molar-refractivity contribution < 1.29 is 14.1 Å². The Bertz CT molecular complexity index is 828. The third-order valence-corrected chi connectivity index (χ3v) is 5.16. The normalized spacial score (nSPS) is 18.2. The van der Waals surface area contributed by atoms with Crippen molar-refractivity contribution in [2.75, 3.05) is 13.1 Å². The first-order valence-electron chi connectivity index (χ1n) is 9.81. The maximum Gasteiger partial charge on any atom is 0.251 e. The van der Waals surface area contributed by atoms with Gasteiger partial charge in [-0.3, -0.25) is 9.59 Å². The van der Waals surface area contributed by atoms with E-state index < -0.39 is 6.04 Å². The van der Waals surface area contributed by atoms with Crippen molar-refractivity contribution in [1.82, 2.24) is 20.4 Å². The Morgan fingerprint density at radius 2 is 1.93 bits per heavy atom. The molecule has 7 heteroatoms. The molecule has 2 heterocycles.